The van der Waals surface area contributed by atoms with Crippen molar-refractivity contribution in [3.05, 3.63) is 37.0 Å². The van der Waals surface area contributed by atoms with Crippen molar-refractivity contribution in [3.8, 4) is 0 Å². The Morgan fingerprint density at radius 2 is 1.50 bits per heavy atom. The first-order valence-electron chi connectivity index (χ1n) is 9.46. The van der Waals surface area contributed by atoms with E-state index in [9.17, 15) is 0 Å². The Hall–Kier alpha value is -0.820. The van der Waals surface area contributed by atoms with Gasteiger partial charge in [-0.1, -0.05) is 95.2 Å². The van der Waals surface area contributed by atoms with E-state index in [-0.39, 0.29) is 0 Å². The highest BCUT2D eigenvalue weighted by atomic mass is 16.6. The molecule has 0 amide bonds. The van der Waals surface area contributed by atoms with E-state index >= 15 is 0 Å². The summed E-state index contributed by atoms with van der Waals surface area (Å²) in [5, 5.41) is 0. The summed E-state index contributed by atoms with van der Waals surface area (Å²) in [6.07, 6.45) is 27.5. The molecular formula is C21H36O. The van der Waals surface area contributed by atoms with Crippen LogP contribution >= 0.6 is 0 Å². The molecule has 0 aliphatic carbocycles. The minimum Gasteiger partial charge on any atom is -0.370 e. The summed E-state index contributed by atoms with van der Waals surface area (Å²) < 4.78 is 5.76. The Labute approximate surface area is 138 Å². The second-order valence-corrected chi connectivity index (χ2v) is 6.42. The van der Waals surface area contributed by atoms with Crippen LogP contribution < -0.4 is 0 Å². The van der Waals surface area contributed by atoms with Gasteiger partial charge in [0.1, 0.15) is 0 Å². The van der Waals surface area contributed by atoms with Crippen molar-refractivity contribution in [1.29, 1.82) is 0 Å². The molecule has 1 fully saturated rings. The van der Waals surface area contributed by atoms with E-state index in [0.717, 1.165) is 12.8 Å². The van der Waals surface area contributed by atoms with Crippen LogP contribution in [0.25, 0.3) is 0 Å². The largest absolute Gasteiger partial charge is 0.370 e. The van der Waals surface area contributed by atoms with Crippen LogP contribution in [0.15, 0.2) is 37.0 Å². The molecule has 0 aromatic carbocycles. The lowest BCUT2D eigenvalue weighted by Gasteiger charge is -2.00. The quantitative estimate of drug-likeness (QED) is 0.141. The maximum absolute atomic E-state index is 5.76. The van der Waals surface area contributed by atoms with Gasteiger partial charge < -0.3 is 4.74 Å². The van der Waals surface area contributed by atoms with Crippen molar-refractivity contribution in [2.24, 2.45) is 0 Å². The number of hydrogen-bond acceptors (Lipinski definition) is 1. The lowest BCUT2D eigenvalue weighted by molar-refractivity contribution is 0.352. The Balaban J connectivity index is 1.82. The predicted molar refractivity (Wildman–Crippen MR) is 98.2 cm³/mol. The number of unbranched alkanes of at least 4 members (excludes halogenated alkanes) is 7. The molecule has 1 aliphatic heterocycles. The topological polar surface area (TPSA) is 12.5 Å². The van der Waals surface area contributed by atoms with Gasteiger partial charge in [0.15, 0.2) is 0 Å². The number of epoxide rings is 1. The van der Waals surface area contributed by atoms with E-state index in [1.54, 1.807) is 0 Å². The van der Waals surface area contributed by atoms with Crippen molar-refractivity contribution in [2.75, 3.05) is 0 Å². The molecular weight excluding hydrogens is 268 g/mol. The van der Waals surface area contributed by atoms with Gasteiger partial charge >= 0.3 is 0 Å². The fraction of sp³-hybridized carbons (Fsp3) is 0.714. The summed E-state index contributed by atoms with van der Waals surface area (Å²) in [6.45, 7) is 5.94. The fourth-order valence-electron chi connectivity index (χ4n) is 2.89. The fourth-order valence-corrected chi connectivity index (χ4v) is 2.89. The minimum absolute atomic E-state index is 0.554. The highest BCUT2D eigenvalue weighted by molar-refractivity contribution is 5.01. The second kappa shape index (κ2) is 13.8. The van der Waals surface area contributed by atoms with E-state index < -0.39 is 0 Å². The molecule has 0 radical (unpaired) electrons. The summed E-state index contributed by atoms with van der Waals surface area (Å²) in [4.78, 5) is 0. The van der Waals surface area contributed by atoms with Crippen LogP contribution in [-0.4, -0.2) is 12.2 Å². The first-order valence-corrected chi connectivity index (χ1v) is 9.46. The predicted octanol–water partition coefficient (Wildman–Crippen LogP) is 6.75. The van der Waals surface area contributed by atoms with Crippen LogP contribution in [0.2, 0.25) is 0 Å². The standard InChI is InChI=1S/C21H36O/c1-3-5-7-9-11-13-15-17-19-21-20(22-21)18-16-14-12-10-8-6-4-2/h4,6,8,12,14,20-21H,2-3,5,7,9-11,13,15-19H2,1H3. The van der Waals surface area contributed by atoms with Crippen LogP contribution in [0, 0.1) is 0 Å². The summed E-state index contributed by atoms with van der Waals surface area (Å²) in [5.41, 5.74) is 0. The van der Waals surface area contributed by atoms with Crippen molar-refractivity contribution in [3.63, 3.8) is 0 Å². The van der Waals surface area contributed by atoms with Gasteiger partial charge in [-0.15, -0.1) is 0 Å². The van der Waals surface area contributed by atoms with Gasteiger partial charge in [0.25, 0.3) is 0 Å². The zero-order chi connectivity index (χ0) is 15.9. The molecule has 1 saturated heterocycles. The van der Waals surface area contributed by atoms with E-state index in [1.165, 1.54) is 64.2 Å². The Bertz CT molecular complexity index is 316. The SMILES string of the molecule is C=CC=CCC=CCCC1OC1CCCCCCCCCC. The van der Waals surface area contributed by atoms with Gasteiger partial charge in [-0.2, -0.15) is 0 Å². The maximum Gasteiger partial charge on any atom is 0.0844 e. The minimum atomic E-state index is 0.554. The molecule has 0 aromatic heterocycles. The molecule has 1 nitrogen and oxygen atoms in total. The number of rotatable bonds is 15. The molecule has 0 spiro atoms. The lowest BCUT2D eigenvalue weighted by atomic mass is 10.0. The first-order chi connectivity index (χ1) is 10.9. The van der Waals surface area contributed by atoms with E-state index in [0.29, 0.717) is 12.2 Å². The Kier molecular flexibility index (Phi) is 12.1. The van der Waals surface area contributed by atoms with E-state index in [4.69, 9.17) is 4.74 Å². The molecule has 0 saturated carbocycles. The summed E-state index contributed by atoms with van der Waals surface area (Å²) in [5.74, 6) is 0. The molecule has 22 heavy (non-hydrogen) atoms. The van der Waals surface area contributed by atoms with Crippen LogP contribution in [0.3, 0.4) is 0 Å². The van der Waals surface area contributed by atoms with Gasteiger partial charge in [0.05, 0.1) is 12.2 Å². The summed E-state index contributed by atoms with van der Waals surface area (Å²) >= 11 is 0. The molecule has 2 atom stereocenters. The first kappa shape index (κ1) is 19.2. The van der Waals surface area contributed by atoms with Gasteiger partial charge in [-0.05, 0) is 25.7 Å². The molecule has 0 N–H and O–H groups in total. The third-order valence-electron chi connectivity index (χ3n) is 4.36. The smallest absolute Gasteiger partial charge is 0.0844 e. The summed E-state index contributed by atoms with van der Waals surface area (Å²) in [6, 6.07) is 0. The monoisotopic (exact) mass is 304 g/mol. The van der Waals surface area contributed by atoms with Gasteiger partial charge in [-0.3, -0.25) is 0 Å². The van der Waals surface area contributed by atoms with Crippen molar-refractivity contribution < 1.29 is 4.74 Å². The van der Waals surface area contributed by atoms with Crippen LogP contribution in [0.1, 0.15) is 84.0 Å². The molecule has 0 bridgehead atoms. The van der Waals surface area contributed by atoms with Crippen molar-refractivity contribution in [1.82, 2.24) is 0 Å². The molecule has 1 aliphatic rings. The molecule has 1 heterocycles. The average molecular weight is 305 g/mol. The van der Waals surface area contributed by atoms with E-state index in [2.05, 4.69) is 31.7 Å². The summed E-state index contributed by atoms with van der Waals surface area (Å²) in [7, 11) is 0. The molecule has 1 heteroatoms. The zero-order valence-corrected chi connectivity index (χ0v) is 14.6. The highest BCUT2D eigenvalue weighted by Gasteiger charge is 2.36. The van der Waals surface area contributed by atoms with Crippen LogP contribution in [0.4, 0.5) is 0 Å². The van der Waals surface area contributed by atoms with Gasteiger partial charge in [0, 0.05) is 0 Å². The second-order valence-electron chi connectivity index (χ2n) is 6.42. The van der Waals surface area contributed by atoms with Crippen molar-refractivity contribution in [2.45, 2.75) is 96.2 Å². The molecule has 2 unspecified atom stereocenters. The van der Waals surface area contributed by atoms with Crippen molar-refractivity contribution >= 4 is 0 Å². The number of ether oxygens (including phenoxy) is 1. The van der Waals surface area contributed by atoms with E-state index in [1.807, 2.05) is 12.2 Å². The average Bonchev–Trinajstić information content (AvgIpc) is 3.27. The normalized spacial score (nSPS) is 21.0. The Morgan fingerprint density at radius 3 is 2.23 bits per heavy atom. The number of allylic oxidation sites excluding steroid dienone is 5. The molecule has 126 valence electrons. The Morgan fingerprint density at radius 1 is 0.818 bits per heavy atom. The zero-order valence-electron chi connectivity index (χ0n) is 14.6. The molecule has 0 aromatic rings. The van der Waals surface area contributed by atoms with Gasteiger partial charge in [0.2, 0.25) is 0 Å². The third kappa shape index (κ3) is 10.8. The van der Waals surface area contributed by atoms with Gasteiger partial charge in [-0.25, -0.2) is 0 Å². The molecule has 1 rings (SSSR count). The lowest BCUT2D eigenvalue weighted by Crippen LogP contribution is -1.93. The highest BCUT2D eigenvalue weighted by Crippen LogP contribution is 2.31. The maximum atomic E-state index is 5.76. The van der Waals surface area contributed by atoms with Crippen LogP contribution in [-0.2, 0) is 4.74 Å². The third-order valence-corrected chi connectivity index (χ3v) is 4.36. The van der Waals surface area contributed by atoms with Crippen LogP contribution in [0.5, 0.6) is 0 Å². The number of hydrogen-bond donors (Lipinski definition) is 0.